The van der Waals surface area contributed by atoms with Crippen molar-refractivity contribution in [2.24, 2.45) is 0 Å². The number of benzene rings is 4. The first-order chi connectivity index (χ1) is 18.6. The molecular formula is C30H27BrN2O4S. The predicted molar refractivity (Wildman–Crippen MR) is 157 cm³/mol. The van der Waals surface area contributed by atoms with Gasteiger partial charge in [0.05, 0.1) is 17.9 Å². The van der Waals surface area contributed by atoms with E-state index < -0.39 is 0 Å². The third-order valence-electron chi connectivity index (χ3n) is 5.39. The molecule has 0 radical (unpaired) electrons. The van der Waals surface area contributed by atoms with Gasteiger partial charge in [-0.1, -0.05) is 76.6 Å². The smallest absolute Gasteiger partial charge is 0.261 e. The SMILES string of the molecule is O=C(NC(=S)Nc1ccccc1OCCOc1ccccc1)c1cc(Br)ccc1OCCc1ccccc1. The van der Waals surface area contributed by atoms with Gasteiger partial charge < -0.3 is 19.5 Å². The standard InChI is InChI=1S/C30H27BrN2O4S/c31-23-15-16-27(36-18-17-22-9-3-1-4-10-22)25(21-23)29(34)33-30(38)32-26-13-7-8-14-28(26)37-20-19-35-24-11-5-2-6-12-24/h1-16,21H,17-20H2,(H2,32,33,34,38). The molecule has 6 nitrogen and oxygen atoms in total. The highest BCUT2D eigenvalue weighted by Crippen LogP contribution is 2.25. The van der Waals surface area contributed by atoms with Crippen LogP contribution in [0.1, 0.15) is 15.9 Å². The lowest BCUT2D eigenvalue weighted by Gasteiger charge is -2.16. The molecule has 0 fully saturated rings. The number of carbonyl (C=O) groups is 1. The van der Waals surface area contributed by atoms with Gasteiger partial charge in [0.2, 0.25) is 0 Å². The van der Waals surface area contributed by atoms with Crippen molar-refractivity contribution in [2.45, 2.75) is 6.42 Å². The van der Waals surface area contributed by atoms with Gasteiger partial charge in [0.15, 0.2) is 5.11 Å². The second-order valence-electron chi connectivity index (χ2n) is 8.14. The summed E-state index contributed by atoms with van der Waals surface area (Å²) in [5.74, 6) is 1.47. The number of carbonyl (C=O) groups excluding carboxylic acids is 1. The average molecular weight is 592 g/mol. The summed E-state index contributed by atoms with van der Waals surface area (Å²) in [5.41, 5.74) is 2.17. The van der Waals surface area contributed by atoms with Gasteiger partial charge >= 0.3 is 0 Å². The molecule has 0 aliphatic rings. The second kappa shape index (κ2) is 14.2. The summed E-state index contributed by atoms with van der Waals surface area (Å²) in [7, 11) is 0. The van der Waals surface area contributed by atoms with Crippen LogP contribution in [-0.4, -0.2) is 30.8 Å². The monoisotopic (exact) mass is 590 g/mol. The van der Waals surface area contributed by atoms with E-state index in [0.29, 0.717) is 42.6 Å². The maximum atomic E-state index is 13.1. The Hall–Kier alpha value is -3.88. The van der Waals surface area contributed by atoms with Gasteiger partial charge in [-0.05, 0) is 60.2 Å². The molecule has 0 heterocycles. The van der Waals surface area contributed by atoms with E-state index >= 15 is 0 Å². The molecule has 0 saturated carbocycles. The Morgan fingerprint density at radius 3 is 2.18 bits per heavy atom. The lowest BCUT2D eigenvalue weighted by Crippen LogP contribution is -2.34. The van der Waals surface area contributed by atoms with Crippen LogP contribution in [0, 0.1) is 0 Å². The molecule has 2 N–H and O–H groups in total. The zero-order valence-corrected chi connectivity index (χ0v) is 23.0. The molecule has 0 atom stereocenters. The summed E-state index contributed by atoms with van der Waals surface area (Å²) in [6.45, 7) is 1.16. The predicted octanol–water partition coefficient (Wildman–Crippen LogP) is 6.66. The minimum absolute atomic E-state index is 0.141. The van der Waals surface area contributed by atoms with Crippen LogP contribution >= 0.6 is 28.1 Å². The van der Waals surface area contributed by atoms with Gasteiger partial charge in [-0.2, -0.15) is 0 Å². The molecule has 4 rings (SSSR count). The van der Waals surface area contributed by atoms with Crippen molar-refractivity contribution in [3.8, 4) is 17.2 Å². The van der Waals surface area contributed by atoms with E-state index in [4.69, 9.17) is 26.4 Å². The van der Waals surface area contributed by atoms with Gasteiger partial charge in [-0.15, -0.1) is 0 Å². The molecule has 0 aliphatic heterocycles. The fourth-order valence-electron chi connectivity index (χ4n) is 3.58. The van der Waals surface area contributed by atoms with Crippen LogP contribution in [0.25, 0.3) is 0 Å². The average Bonchev–Trinajstić information content (AvgIpc) is 2.94. The topological polar surface area (TPSA) is 68.8 Å². The third-order valence-corrected chi connectivity index (χ3v) is 6.09. The number of hydrogen-bond acceptors (Lipinski definition) is 5. The van der Waals surface area contributed by atoms with E-state index in [-0.39, 0.29) is 11.0 Å². The molecule has 0 aromatic heterocycles. The van der Waals surface area contributed by atoms with Crippen LogP contribution in [0.15, 0.2) is 108 Å². The van der Waals surface area contributed by atoms with E-state index in [9.17, 15) is 4.79 Å². The number of amides is 1. The molecule has 0 saturated heterocycles. The van der Waals surface area contributed by atoms with Crippen molar-refractivity contribution >= 4 is 44.9 Å². The summed E-state index contributed by atoms with van der Waals surface area (Å²) in [6, 6.07) is 32.3. The quantitative estimate of drug-likeness (QED) is 0.150. The van der Waals surface area contributed by atoms with Crippen LogP contribution in [-0.2, 0) is 6.42 Å². The van der Waals surface area contributed by atoms with Crippen LogP contribution in [0.3, 0.4) is 0 Å². The molecule has 0 bridgehead atoms. The molecule has 0 spiro atoms. The highest BCUT2D eigenvalue weighted by molar-refractivity contribution is 9.10. The van der Waals surface area contributed by atoms with Gasteiger partial charge in [-0.25, -0.2) is 0 Å². The fraction of sp³-hybridized carbons (Fsp3) is 0.133. The minimum Gasteiger partial charge on any atom is -0.492 e. The van der Waals surface area contributed by atoms with E-state index in [1.807, 2.05) is 91.0 Å². The second-order valence-corrected chi connectivity index (χ2v) is 9.46. The number of nitrogens with one attached hydrogen (secondary N) is 2. The highest BCUT2D eigenvalue weighted by atomic mass is 79.9. The molecule has 194 valence electrons. The number of anilines is 1. The Morgan fingerprint density at radius 2 is 1.39 bits per heavy atom. The largest absolute Gasteiger partial charge is 0.492 e. The maximum Gasteiger partial charge on any atom is 0.261 e. The Labute approximate surface area is 236 Å². The van der Waals surface area contributed by atoms with E-state index in [0.717, 1.165) is 22.2 Å². The Balaban J connectivity index is 1.32. The van der Waals surface area contributed by atoms with Crippen LogP contribution in [0.4, 0.5) is 5.69 Å². The first-order valence-electron chi connectivity index (χ1n) is 12.1. The van der Waals surface area contributed by atoms with Crippen LogP contribution < -0.4 is 24.8 Å². The minimum atomic E-state index is -0.381. The zero-order chi connectivity index (χ0) is 26.6. The molecule has 0 unspecified atom stereocenters. The summed E-state index contributed by atoms with van der Waals surface area (Å²) in [6.07, 6.45) is 0.727. The highest BCUT2D eigenvalue weighted by Gasteiger charge is 2.16. The Morgan fingerprint density at radius 1 is 0.737 bits per heavy atom. The van der Waals surface area contributed by atoms with E-state index in [1.54, 1.807) is 12.1 Å². The first-order valence-corrected chi connectivity index (χ1v) is 13.3. The third kappa shape index (κ3) is 8.33. The van der Waals surface area contributed by atoms with Crippen LogP contribution in [0.2, 0.25) is 0 Å². The number of ether oxygens (including phenoxy) is 3. The van der Waals surface area contributed by atoms with Crippen molar-refractivity contribution in [1.82, 2.24) is 5.32 Å². The molecule has 8 heteroatoms. The van der Waals surface area contributed by atoms with Crippen LogP contribution in [0.5, 0.6) is 17.2 Å². The number of halogens is 1. The van der Waals surface area contributed by atoms with Gasteiger partial charge in [0.25, 0.3) is 5.91 Å². The van der Waals surface area contributed by atoms with Crippen molar-refractivity contribution in [3.63, 3.8) is 0 Å². The van der Waals surface area contributed by atoms with E-state index in [2.05, 4.69) is 26.6 Å². The van der Waals surface area contributed by atoms with Crippen molar-refractivity contribution in [2.75, 3.05) is 25.1 Å². The summed E-state index contributed by atoms with van der Waals surface area (Å²) in [4.78, 5) is 13.1. The summed E-state index contributed by atoms with van der Waals surface area (Å²) in [5, 5.41) is 5.93. The van der Waals surface area contributed by atoms with Gasteiger partial charge in [0, 0.05) is 10.9 Å². The molecule has 1 amide bonds. The van der Waals surface area contributed by atoms with Gasteiger partial charge in [-0.3, -0.25) is 10.1 Å². The van der Waals surface area contributed by atoms with Crippen molar-refractivity contribution in [1.29, 1.82) is 0 Å². The number of rotatable bonds is 11. The zero-order valence-electron chi connectivity index (χ0n) is 20.6. The number of hydrogen-bond donors (Lipinski definition) is 2. The molecule has 38 heavy (non-hydrogen) atoms. The molecule has 4 aromatic rings. The van der Waals surface area contributed by atoms with Crippen molar-refractivity contribution < 1.29 is 19.0 Å². The van der Waals surface area contributed by atoms with Gasteiger partial charge in [0.1, 0.15) is 30.5 Å². The molecule has 4 aromatic carbocycles. The lowest BCUT2D eigenvalue weighted by atomic mass is 10.1. The lowest BCUT2D eigenvalue weighted by molar-refractivity contribution is 0.0973. The Kier molecular flexibility index (Phi) is 10.1. The van der Waals surface area contributed by atoms with E-state index in [1.165, 1.54) is 0 Å². The fourth-order valence-corrected chi connectivity index (χ4v) is 4.14. The summed E-state index contributed by atoms with van der Waals surface area (Å²) >= 11 is 8.86. The number of thiocarbonyl (C=S) groups is 1. The number of para-hydroxylation sites is 3. The summed E-state index contributed by atoms with van der Waals surface area (Å²) < 4.78 is 18.3. The first kappa shape index (κ1) is 27.2. The molecule has 0 aliphatic carbocycles. The normalized spacial score (nSPS) is 10.3. The van der Waals surface area contributed by atoms with Crippen molar-refractivity contribution in [3.05, 3.63) is 119 Å². The molecular weight excluding hydrogens is 564 g/mol. The Bertz CT molecular complexity index is 1350. The maximum absolute atomic E-state index is 13.1.